The SMILES string of the molecule is CN(C)S(=O)(=O)c1ccccc1NC(=O)Cn1c2ccccc2c(=O)c2ccccc21. The first-order valence-electron chi connectivity index (χ1n) is 9.62. The Morgan fingerprint density at radius 3 is 1.97 bits per heavy atom. The molecule has 0 aliphatic rings. The van der Waals surface area contributed by atoms with Crippen LogP contribution in [0.3, 0.4) is 0 Å². The molecule has 1 aromatic heterocycles. The molecule has 0 aliphatic carbocycles. The first kappa shape index (κ1) is 20.8. The molecule has 1 heterocycles. The molecule has 0 spiro atoms. The lowest BCUT2D eigenvalue weighted by Gasteiger charge is -2.17. The number of aromatic nitrogens is 1. The Bertz CT molecular complexity index is 1410. The largest absolute Gasteiger partial charge is 0.331 e. The van der Waals surface area contributed by atoms with Crippen LogP contribution in [0.25, 0.3) is 21.8 Å². The summed E-state index contributed by atoms with van der Waals surface area (Å²) in [5.74, 6) is -0.402. The molecule has 0 unspecified atom stereocenters. The molecule has 0 fully saturated rings. The number of hydrogen-bond acceptors (Lipinski definition) is 4. The minimum atomic E-state index is -3.73. The van der Waals surface area contributed by atoms with E-state index >= 15 is 0 Å². The second kappa shape index (κ2) is 7.98. The lowest BCUT2D eigenvalue weighted by atomic mass is 10.1. The van der Waals surface area contributed by atoms with E-state index in [2.05, 4.69) is 5.32 Å². The highest BCUT2D eigenvalue weighted by Crippen LogP contribution is 2.24. The van der Waals surface area contributed by atoms with Crippen molar-refractivity contribution >= 4 is 43.4 Å². The molecule has 158 valence electrons. The minimum Gasteiger partial charge on any atom is -0.331 e. The third-order valence-electron chi connectivity index (χ3n) is 5.10. The summed E-state index contributed by atoms with van der Waals surface area (Å²) in [5, 5.41) is 3.76. The van der Waals surface area contributed by atoms with Crippen molar-refractivity contribution < 1.29 is 13.2 Å². The average Bonchev–Trinajstić information content (AvgIpc) is 2.77. The predicted octanol–water partition coefficient (Wildman–Crippen LogP) is 3.04. The molecule has 4 aromatic rings. The van der Waals surface area contributed by atoms with E-state index < -0.39 is 15.9 Å². The van der Waals surface area contributed by atoms with Gasteiger partial charge in [0.2, 0.25) is 15.9 Å². The molecule has 4 rings (SSSR count). The summed E-state index contributed by atoms with van der Waals surface area (Å²) in [7, 11) is -0.856. The van der Waals surface area contributed by atoms with Gasteiger partial charge in [-0.05, 0) is 36.4 Å². The second-order valence-corrected chi connectivity index (χ2v) is 9.40. The van der Waals surface area contributed by atoms with Crippen molar-refractivity contribution in [3.63, 3.8) is 0 Å². The molecule has 31 heavy (non-hydrogen) atoms. The topological polar surface area (TPSA) is 88.5 Å². The van der Waals surface area contributed by atoms with E-state index in [9.17, 15) is 18.0 Å². The zero-order valence-corrected chi connectivity index (χ0v) is 17.9. The molecule has 7 nitrogen and oxygen atoms in total. The van der Waals surface area contributed by atoms with Crippen LogP contribution < -0.4 is 10.7 Å². The van der Waals surface area contributed by atoms with Crippen molar-refractivity contribution in [3.05, 3.63) is 83.0 Å². The van der Waals surface area contributed by atoms with Gasteiger partial charge in [-0.2, -0.15) is 0 Å². The Labute approximate surface area is 179 Å². The number of carbonyl (C=O) groups excluding carboxylic acids is 1. The highest BCUT2D eigenvalue weighted by Gasteiger charge is 2.22. The van der Waals surface area contributed by atoms with Crippen LogP contribution in [-0.4, -0.2) is 37.3 Å². The van der Waals surface area contributed by atoms with Crippen molar-refractivity contribution in [2.45, 2.75) is 11.4 Å². The fourth-order valence-electron chi connectivity index (χ4n) is 3.57. The van der Waals surface area contributed by atoms with Gasteiger partial charge in [0.15, 0.2) is 5.43 Å². The second-order valence-electron chi connectivity index (χ2n) is 7.28. The Morgan fingerprint density at radius 1 is 0.871 bits per heavy atom. The number of nitrogens with one attached hydrogen (secondary N) is 1. The van der Waals surface area contributed by atoms with E-state index in [1.165, 1.54) is 20.2 Å². The number of para-hydroxylation sites is 3. The van der Waals surface area contributed by atoms with Gasteiger partial charge in [0, 0.05) is 24.9 Å². The van der Waals surface area contributed by atoms with Crippen LogP contribution in [0.4, 0.5) is 5.69 Å². The number of sulfonamides is 1. The quantitative estimate of drug-likeness (QED) is 0.488. The summed E-state index contributed by atoms with van der Waals surface area (Å²) in [6.45, 7) is -0.0857. The molecule has 0 saturated heterocycles. The number of benzene rings is 3. The smallest absolute Gasteiger partial charge is 0.244 e. The van der Waals surface area contributed by atoms with Crippen molar-refractivity contribution in [3.8, 4) is 0 Å². The number of fused-ring (bicyclic) bond motifs is 2. The standard InChI is InChI=1S/C23H21N3O4S/c1-25(2)31(29,30)21-14-8-5-11-18(21)24-22(27)15-26-19-12-6-3-9-16(19)23(28)17-10-4-7-13-20(17)26/h3-14H,15H2,1-2H3,(H,24,27). The van der Waals surface area contributed by atoms with Gasteiger partial charge in [0.05, 0.1) is 16.7 Å². The number of hydrogen-bond donors (Lipinski definition) is 1. The summed E-state index contributed by atoms with van der Waals surface area (Å²) < 4.78 is 28.1. The summed E-state index contributed by atoms with van der Waals surface area (Å²) in [6.07, 6.45) is 0. The van der Waals surface area contributed by atoms with Gasteiger partial charge in [-0.15, -0.1) is 0 Å². The Hall–Kier alpha value is -3.49. The molecule has 0 radical (unpaired) electrons. The van der Waals surface area contributed by atoms with Crippen LogP contribution in [0.2, 0.25) is 0 Å². The van der Waals surface area contributed by atoms with Crippen molar-refractivity contribution in [1.29, 1.82) is 0 Å². The maximum atomic E-state index is 13.0. The summed E-state index contributed by atoms with van der Waals surface area (Å²) in [5.41, 5.74) is 1.38. The summed E-state index contributed by atoms with van der Waals surface area (Å²) in [6, 6.07) is 20.5. The van der Waals surface area contributed by atoms with Crippen LogP contribution >= 0.6 is 0 Å². The highest BCUT2D eigenvalue weighted by atomic mass is 32.2. The lowest BCUT2D eigenvalue weighted by Crippen LogP contribution is -2.26. The number of anilines is 1. The average molecular weight is 436 g/mol. The molecule has 0 saturated carbocycles. The molecule has 3 aromatic carbocycles. The molecule has 1 N–H and O–H groups in total. The number of rotatable bonds is 5. The molecular weight excluding hydrogens is 414 g/mol. The summed E-state index contributed by atoms with van der Waals surface area (Å²) in [4.78, 5) is 25.9. The molecule has 0 atom stereocenters. The monoisotopic (exact) mass is 435 g/mol. The van der Waals surface area contributed by atoms with E-state index in [4.69, 9.17) is 0 Å². The fourth-order valence-corrected chi connectivity index (χ4v) is 4.61. The van der Waals surface area contributed by atoms with Gasteiger partial charge < -0.3 is 9.88 Å². The Morgan fingerprint density at radius 2 is 1.39 bits per heavy atom. The maximum absolute atomic E-state index is 13.0. The van der Waals surface area contributed by atoms with Crippen molar-refractivity contribution in [2.75, 3.05) is 19.4 Å². The normalized spacial score (nSPS) is 11.8. The molecule has 1 amide bonds. The van der Waals surface area contributed by atoms with Crippen LogP contribution in [0.1, 0.15) is 0 Å². The minimum absolute atomic E-state index is 0.0166. The number of pyridine rings is 1. The molecule has 0 bridgehead atoms. The first-order valence-corrected chi connectivity index (χ1v) is 11.1. The third kappa shape index (κ3) is 3.71. The number of nitrogens with zero attached hydrogens (tertiary/aromatic N) is 2. The van der Waals surface area contributed by atoms with Gasteiger partial charge in [-0.25, -0.2) is 12.7 Å². The number of carbonyl (C=O) groups is 1. The van der Waals surface area contributed by atoms with E-state index in [0.717, 1.165) is 4.31 Å². The molecular formula is C23H21N3O4S. The van der Waals surface area contributed by atoms with E-state index in [-0.39, 0.29) is 22.6 Å². The van der Waals surface area contributed by atoms with Crippen molar-refractivity contribution in [2.24, 2.45) is 0 Å². The summed E-state index contributed by atoms with van der Waals surface area (Å²) >= 11 is 0. The van der Waals surface area contributed by atoms with Crippen molar-refractivity contribution in [1.82, 2.24) is 8.87 Å². The zero-order valence-electron chi connectivity index (χ0n) is 17.1. The fraction of sp³-hybridized carbons (Fsp3) is 0.130. The highest BCUT2D eigenvalue weighted by molar-refractivity contribution is 7.89. The van der Waals surface area contributed by atoms with Gasteiger partial charge in [0.1, 0.15) is 11.4 Å². The Balaban J connectivity index is 1.78. The van der Waals surface area contributed by atoms with Crippen LogP contribution in [0.5, 0.6) is 0 Å². The van der Waals surface area contributed by atoms with E-state index in [1.54, 1.807) is 59.2 Å². The van der Waals surface area contributed by atoms with Gasteiger partial charge in [-0.1, -0.05) is 36.4 Å². The van der Waals surface area contributed by atoms with Crippen LogP contribution in [-0.2, 0) is 21.4 Å². The predicted molar refractivity (Wildman–Crippen MR) is 122 cm³/mol. The van der Waals surface area contributed by atoms with E-state index in [1.807, 2.05) is 12.1 Å². The zero-order chi connectivity index (χ0) is 22.2. The maximum Gasteiger partial charge on any atom is 0.244 e. The molecule has 0 aliphatic heterocycles. The molecule has 8 heteroatoms. The van der Waals surface area contributed by atoms with Gasteiger partial charge in [-0.3, -0.25) is 9.59 Å². The van der Waals surface area contributed by atoms with E-state index in [0.29, 0.717) is 21.8 Å². The van der Waals surface area contributed by atoms with Crippen LogP contribution in [0.15, 0.2) is 82.5 Å². The third-order valence-corrected chi connectivity index (χ3v) is 6.97. The first-order chi connectivity index (χ1) is 14.8. The van der Waals surface area contributed by atoms with Crippen LogP contribution in [0, 0.1) is 0 Å². The van der Waals surface area contributed by atoms with Gasteiger partial charge >= 0.3 is 0 Å². The van der Waals surface area contributed by atoms with Gasteiger partial charge in [0.25, 0.3) is 0 Å². The lowest BCUT2D eigenvalue weighted by molar-refractivity contribution is -0.116. The number of amides is 1. The Kier molecular flexibility index (Phi) is 5.34.